The first kappa shape index (κ1) is 15.3. The van der Waals surface area contributed by atoms with Gasteiger partial charge in [-0.15, -0.1) is 0 Å². The number of anilines is 1. The summed E-state index contributed by atoms with van der Waals surface area (Å²) in [6.45, 7) is 3.87. The molecule has 5 heteroatoms. The SMILES string of the molecule is CCCNCc1cccc(NS(=O)(=O)C2CCCC2)c1. The summed E-state index contributed by atoms with van der Waals surface area (Å²) in [6.07, 6.45) is 4.70. The fourth-order valence-electron chi connectivity index (χ4n) is 2.60. The summed E-state index contributed by atoms with van der Waals surface area (Å²) in [4.78, 5) is 0. The Hall–Kier alpha value is -1.07. The quantitative estimate of drug-likeness (QED) is 0.761. The molecule has 1 aliphatic carbocycles. The molecule has 20 heavy (non-hydrogen) atoms. The molecule has 1 saturated carbocycles. The maximum Gasteiger partial charge on any atom is 0.235 e. The number of benzene rings is 1. The molecule has 1 aromatic carbocycles. The minimum Gasteiger partial charge on any atom is -0.313 e. The van der Waals surface area contributed by atoms with Crippen LogP contribution in [0.4, 0.5) is 5.69 Å². The van der Waals surface area contributed by atoms with E-state index in [0.29, 0.717) is 5.69 Å². The van der Waals surface area contributed by atoms with Gasteiger partial charge in [-0.25, -0.2) is 8.42 Å². The molecule has 0 heterocycles. The average Bonchev–Trinajstić information content (AvgIpc) is 2.94. The summed E-state index contributed by atoms with van der Waals surface area (Å²) in [7, 11) is -3.23. The summed E-state index contributed by atoms with van der Waals surface area (Å²) in [6, 6.07) is 7.64. The fourth-order valence-corrected chi connectivity index (χ4v) is 4.18. The highest BCUT2D eigenvalue weighted by atomic mass is 32.2. The van der Waals surface area contributed by atoms with Crippen LogP contribution in [0.2, 0.25) is 0 Å². The largest absolute Gasteiger partial charge is 0.313 e. The van der Waals surface area contributed by atoms with Crippen molar-refractivity contribution in [3.8, 4) is 0 Å². The van der Waals surface area contributed by atoms with E-state index in [1.165, 1.54) is 0 Å². The summed E-state index contributed by atoms with van der Waals surface area (Å²) in [5.41, 5.74) is 1.78. The van der Waals surface area contributed by atoms with Crippen molar-refractivity contribution in [2.45, 2.75) is 50.8 Å². The minimum atomic E-state index is -3.23. The topological polar surface area (TPSA) is 58.2 Å². The Kier molecular flexibility index (Phi) is 5.43. The highest BCUT2D eigenvalue weighted by Crippen LogP contribution is 2.26. The second-order valence-electron chi connectivity index (χ2n) is 5.43. The van der Waals surface area contributed by atoms with E-state index < -0.39 is 10.0 Å². The molecule has 1 aromatic rings. The number of hydrogen-bond acceptors (Lipinski definition) is 3. The zero-order chi connectivity index (χ0) is 14.4. The molecule has 0 aliphatic heterocycles. The van der Waals surface area contributed by atoms with Gasteiger partial charge in [-0.05, 0) is 43.5 Å². The Labute approximate surface area is 122 Å². The summed E-state index contributed by atoms with van der Waals surface area (Å²) in [5.74, 6) is 0. The van der Waals surface area contributed by atoms with Gasteiger partial charge in [-0.2, -0.15) is 0 Å². The lowest BCUT2D eigenvalue weighted by Crippen LogP contribution is -2.25. The molecular weight excluding hydrogens is 272 g/mol. The first-order valence-electron chi connectivity index (χ1n) is 7.43. The van der Waals surface area contributed by atoms with Gasteiger partial charge in [0, 0.05) is 12.2 Å². The molecular formula is C15H24N2O2S. The molecule has 2 rings (SSSR count). The van der Waals surface area contributed by atoms with E-state index in [-0.39, 0.29) is 5.25 Å². The van der Waals surface area contributed by atoms with Crippen LogP contribution in [-0.4, -0.2) is 20.2 Å². The van der Waals surface area contributed by atoms with Crippen molar-refractivity contribution in [1.29, 1.82) is 0 Å². The molecule has 0 spiro atoms. The molecule has 0 amide bonds. The van der Waals surface area contributed by atoms with Gasteiger partial charge in [-0.3, -0.25) is 4.72 Å². The van der Waals surface area contributed by atoms with Crippen LogP contribution < -0.4 is 10.0 Å². The maximum atomic E-state index is 12.2. The molecule has 0 bridgehead atoms. The molecule has 2 N–H and O–H groups in total. The van der Waals surface area contributed by atoms with E-state index in [2.05, 4.69) is 17.0 Å². The zero-order valence-electron chi connectivity index (χ0n) is 12.1. The predicted octanol–water partition coefficient (Wildman–Crippen LogP) is 2.87. The second kappa shape index (κ2) is 7.09. The molecule has 112 valence electrons. The van der Waals surface area contributed by atoms with Crippen molar-refractivity contribution >= 4 is 15.7 Å². The van der Waals surface area contributed by atoms with Crippen molar-refractivity contribution in [2.75, 3.05) is 11.3 Å². The number of nitrogens with one attached hydrogen (secondary N) is 2. The predicted molar refractivity (Wildman–Crippen MR) is 83.2 cm³/mol. The van der Waals surface area contributed by atoms with Crippen LogP contribution in [0.3, 0.4) is 0 Å². The molecule has 1 aliphatic rings. The van der Waals surface area contributed by atoms with Crippen molar-refractivity contribution in [2.24, 2.45) is 0 Å². The van der Waals surface area contributed by atoms with Gasteiger partial charge < -0.3 is 5.32 Å². The van der Waals surface area contributed by atoms with Crippen LogP contribution >= 0.6 is 0 Å². The third-order valence-corrected chi connectivity index (χ3v) is 5.55. The van der Waals surface area contributed by atoms with E-state index in [0.717, 1.165) is 50.8 Å². The number of hydrogen-bond donors (Lipinski definition) is 2. The van der Waals surface area contributed by atoms with Crippen molar-refractivity contribution in [1.82, 2.24) is 5.32 Å². The van der Waals surface area contributed by atoms with Crippen LogP contribution in [0.15, 0.2) is 24.3 Å². The zero-order valence-corrected chi connectivity index (χ0v) is 12.9. The Morgan fingerprint density at radius 3 is 2.70 bits per heavy atom. The fraction of sp³-hybridized carbons (Fsp3) is 0.600. The minimum absolute atomic E-state index is 0.218. The molecule has 4 nitrogen and oxygen atoms in total. The van der Waals surface area contributed by atoms with Gasteiger partial charge in [0.2, 0.25) is 10.0 Å². The third kappa shape index (κ3) is 4.21. The van der Waals surface area contributed by atoms with Crippen molar-refractivity contribution in [3.63, 3.8) is 0 Å². The first-order chi connectivity index (χ1) is 9.62. The standard InChI is InChI=1S/C15H24N2O2S/c1-2-10-16-12-13-6-5-7-14(11-13)17-20(18,19)15-8-3-4-9-15/h5-7,11,15-17H,2-4,8-10,12H2,1H3. The van der Waals surface area contributed by atoms with E-state index in [9.17, 15) is 8.42 Å². The molecule has 0 saturated heterocycles. The first-order valence-corrected chi connectivity index (χ1v) is 8.98. The lowest BCUT2D eigenvalue weighted by Gasteiger charge is -2.14. The van der Waals surface area contributed by atoms with Gasteiger partial charge in [0.15, 0.2) is 0 Å². The van der Waals surface area contributed by atoms with Crippen LogP contribution in [0.1, 0.15) is 44.6 Å². The van der Waals surface area contributed by atoms with Crippen LogP contribution in [0.25, 0.3) is 0 Å². The summed E-state index contributed by atoms with van der Waals surface area (Å²) >= 11 is 0. The highest BCUT2D eigenvalue weighted by Gasteiger charge is 2.28. The normalized spacial score (nSPS) is 16.4. The molecule has 0 aromatic heterocycles. The molecule has 0 unspecified atom stereocenters. The Morgan fingerprint density at radius 1 is 1.25 bits per heavy atom. The van der Waals surface area contributed by atoms with Crippen LogP contribution in [0.5, 0.6) is 0 Å². The summed E-state index contributed by atoms with van der Waals surface area (Å²) in [5, 5.41) is 3.10. The molecule has 0 atom stereocenters. The van der Waals surface area contributed by atoms with Crippen LogP contribution in [0, 0.1) is 0 Å². The van der Waals surface area contributed by atoms with Gasteiger partial charge in [0.05, 0.1) is 5.25 Å². The van der Waals surface area contributed by atoms with Gasteiger partial charge in [0.1, 0.15) is 0 Å². The highest BCUT2D eigenvalue weighted by molar-refractivity contribution is 7.93. The van der Waals surface area contributed by atoms with E-state index in [4.69, 9.17) is 0 Å². The van der Waals surface area contributed by atoms with Gasteiger partial charge in [-0.1, -0.05) is 31.9 Å². The lowest BCUT2D eigenvalue weighted by molar-refractivity contribution is 0.585. The Morgan fingerprint density at radius 2 is 2.00 bits per heavy atom. The maximum absolute atomic E-state index is 12.2. The Balaban J connectivity index is 2.00. The van der Waals surface area contributed by atoms with Crippen LogP contribution in [-0.2, 0) is 16.6 Å². The second-order valence-corrected chi connectivity index (χ2v) is 7.39. The van der Waals surface area contributed by atoms with Crippen molar-refractivity contribution < 1.29 is 8.42 Å². The van der Waals surface area contributed by atoms with E-state index in [1.807, 2.05) is 24.3 Å². The third-order valence-electron chi connectivity index (χ3n) is 3.68. The van der Waals surface area contributed by atoms with Gasteiger partial charge >= 0.3 is 0 Å². The van der Waals surface area contributed by atoms with E-state index >= 15 is 0 Å². The Bertz CT molecular complexity index is 522. The van der Waals surface area contributed by atoms with Crippen molar-refractivity contribution in [3.05, 3.63) is 29.8 Å². The smallest absolute Gasteiger partial charge is 0.235 e. The monoisotopic (exact) mass is 296 g/mol. The number of rotatable bonds is 7. The van der Waals surface area contributed by atoms with Gasteiger partial charge in [0.25, 0.3) is 0 Å². The lowest BCUT2D eigenvalue weighted by atomic mass is 10.2. The number of sulfonamides is 1. The van der Waals surface area contributed by atoms with E-state index in [1.54, 1.807) is 0 Å². The molecule has 1 fully saturated rings. The summed E-state index contributed by atoms with van der Waals surface area (Å²) < 4.78 is 27.2. The average molecular weight is 296 g/mol. The molecule has 0 radical (unpaired) electrons.